The fourth-order valence-electron chi connectivity index (χ4n) is 2.04. The van der Waals surface area contributed by atoms with Crippen LogP contribution < -0.4 is 0 Å². The number of hydrogen-bond acceptors (Lipinski definition) is 2. The van der Waals surface area contributed by atoms with Gasteiger partial charge in [0.15, 0.2) is 0 Å². The van der Waals surface area contributed by atoms with Crippen molar-refractivity contribution in [3.8, 4) is 0 Å². The lowest BCUT2D eigenvalue weighted by molar-refractivity contribution is -0.137. The summed E-state index contributed by atoms with van der Waals surface area (Å²) in [7, 11) is 0. The Balaban J connectivity index is 1.88. The van der Waals surface area contributed by atoms with Crippen molar-refractivity contribution in [1.29, 1.82) is 0 Å². The SMILES string of the molecule is O=C(O)CC1CC12CCSC2. The maximum Gasteiger partial charge on any atom is 0.303 e. The van der Waals surface area contributed by atoms with Gasteiger partial charge in [0.1, 0.15) is 0 Å². The molecule has 0 amide bonds. The summed E-state index contributed by atoms with van der Waals surface area (Å²) in [6.07, 6.45) is 2.84. The number of aliphatic carboxylic acids is 1. The lowest BCUT2D eigenvalue weighted by atomic mass is 10.0. The Bertz CT molecular complexity index is 185. The van der Waals surface area contributed by atoms with Crippen molar-refractivity contribution in [3.63, 3.8) is 0 Å². The van der Waals surface area contributed by atoms with Crippen LogP contribution in [-0.2, 0) is 4.79 Å². The van der Waals surface area contributed by atoms with E-state index in [-0.39, 0.29) is 0 Å². The van der Waals surface area contributed by atoms with Gasteiger partial charge in [-0.15, -0.1) is 0 Å². The molecule has 3 heteroatoms. The largest absolute Gasteiger partial charge is 0.481 e. The van der Waals surface area contributed by atoms with Gasteiger partial charge in [-0.2, -0.15) is 11.8 Å². The Morgan fingerprint density at radius 1 is 1.73 bits per heavy atom. The molecule has 2 unspecified atom stereocenters. The van der Waals surface area contributed by atoms with E-state index >= 15 is 0 Å². The number of carbonyl (C=O) groups is 1. The molecule has 11 heavy (non-hydrogen) atoms. The molecule has 0 aromatic rings. The fraction of sp³-hybridized carbons (Fsp3) is 0.875. The average Bonchev–Trinajstić information content (AvgIpc) is 2.43. The highest BCUT2D eigenvalue weighted by atomic mass is 32.2. The summed E-state index contributed by atoms with van der Waals surface area (Å²) in [5, 5.41) is 8.56. The number of hydrogen-bond donors (Lipinski definition) is 1. The minimum absolute atomic E-state index is 0.403. The first-order valence-corrected chi connectivity index (χ1v) is 5.18. The van der Waals surface area contributed by atoms with Crippen LogP contribution in [0.3, 0.4) is 0 Å². The van der Waals surface area contributed by atoms with Gasteiger partial charge in [-0.1, -0.05) is 0 Å². The first-order valence-electron chi connectivity index (χ1n) is 4.02. The van der Waals surface area contributed by atoms with E-state index in [1.165, 1.54) is 24.3 Å². The predicted octanol–water partition coefficient (Wildman–Crippen LogP) is 1.60. The summed E-state index contributed by atoms with van der Waals surface area (Å²) in [6, 6.07) is 0. The lowest BCUT2D eigenvalue weighted by Crippen LogP contribution is -2.05. The highest BCUT2D eigenvalue weighted by molar-refractivity contribution is 7.99. The van der Waals surface area contributed by atoms with E-state index < -0.39 is 5.97 Å². The van der Waals surface area contributed by atoms with Crippen molar-refractivity contribution in [1.82, 2.24) is 0 Å². The molecule has 0 bridgehead atoms. The third-order valence-electron chi connectivity index (χ3n) is 2.91. The predicted molar refractivity (Wildman–Crippen MR) is 44.7 cm³/mol. The zero-order valence-corrected chi connectivity index (χ0v) is 7.19. The molecule has 0 aromatic heterocycles. The van der Waals surface area contributed by atoms with Crippen LogP contribution in [0.25, 0.3) is 0 Å². The number of thioether (sulfide) groups is 1. The van der Waals surface area contributed by atoms with Crippen molar-refractivity contribution in [3.05, 3.63) is 0 Å². The van der Waals surface area contributed by atoms with Crippen molar-refractivity contribution in [2.24, 2.45) is 11.3 Å². The maximum atomic E-state index is 10.4. The topological polar surface area (TPSA) is 37.3 Å². The molecule has 1 saturated heterocycles. The average molecular weight is 172 g/mol. The van der Waals surface area contributed by atoms with Gasteiger partial charge >= 0.3 is 5.97 Å². The Labute approximate surface area is 70.4 Å². The van der Waals surface area contributed by atoms with Crippen molar-refractivity contribution in [2.45, 2.75) is 19.3 Å². The van der Waals surface area contributed by atoms with Gasteiger partial charge in [-0.3, -0.25) is 4.79 Å². The summed E-state index contributed by atoms with van der Waals surface area (Å²) in [5.74, 6) is 2.35. The van der Waals surface area contributed by atoms with Gasteiger partial charge in [0.25, 0.3) is 0 Å². The van der Waals surface area contributed by atoms with Crippen LogP contribution >= 0.6 is 11.8 Å². The van der Waals surface area contributed by atoms with E-state index in [0.29, 0.717) is 17.8 Å². The van der Waals surface area contributed by atoms with Crippen LogP contribution in [0, 0.1) is 11.3 Å². The van der Waals surface area contributed by atoms with Crippen LogP contribution in [0.15, 0.2) is 0 Å². The Morgan fingerprint density at radius 2 is 2.55 bits per heavy atom. The summed E-state index contributed by atoms with van der Waals surface area (Å²) in [4.78, 5) is 10.4. The third kappa shape index (κ3) is 1.26. The lowest BCUT2D eigenvalue weighted by Gasteiger charge is -2.03. The van der Waals surface area contributed by atoms with E-state index in [0.717, 1.165) is 0 Å². The molecule has 2 nitrogen and oxygen atoms in total. The molecule has 1 saturated carbocycles. The van der Waals surface area contributed by atoms with E-state index in [2.05, 4.69) is 0 Å². The van der Waals surface area contributed by atoms with E-state index in [9.17, 15) is 4.79 Å². The molecule has 2 fully saturated rings. The highest BCUT2D eigenvalue weighted by Crippen LogP contribution is 2.62. The molecule has 2 rings (SSSR count). The molecule has 0 radical (unpaired) electrons. The molecule has 1 N–H and O–H groups in total. The molecule has 0 aromatic carbocycles. The van der Waals surface area contributed by atoms with Crippen molar-refractivity contribution in [2.75, 3.05) is 11.5 Å². The normalized spacial score (nSPS) is 41.3. The fourth-order valence-corrected chi connectivity index (χ4v) is 3.64. The van der Waals surface area contributed by atoms with Crippen LogP contribution in [0.4, 0.5) is 0 Å². The molecule has 1 aliphatic heterocycles. The molecular formula is C8H12O2S. The van der Waals surface area contributed by atoms with Gasteiger partial charge in [0, 0.05) is 6.42 Å². The molecule has 1 aliphatic carbocycles. The zero-order valence-electron chi connectivity index (χ0n) is 6.38. The number of rotatable bonds is 2. The third-order valence-corrected chi connectivity index (χ3v) is 4.19. The quantitative estimate of drug-likeness (QED) is 0.687. The summed E-state index contributed by atoms with van der Waals surface area (Å²) in [6.45, 7) is 0. The first-order chi connectivity index (χ1) is 5.23. The minimum atomic E-state index is -0.622. The van der Waals surface area contributed by atoms with Gasteiger partial charge in [0.05, 0.1) is 0 Å². The van der Waals surface area contributed by atoms with Crippen molar-refractivity contribution < 1.29 is 9.90 Å². The number of carboxylic acids is 1. The second kappa shape index (κ2) is 2.41. The Hall–Kier alpha value is -0.180. The molecule has 62 valence electrons. The van der Waals surface area contributed by atoms with E-state index in [4.69, 9.17) is 5.11 Å². The Morgan fingerprint density at radius 3 is 3.09 bits per heavy atom. The summed E-state index contributed by atoms with van der Waals surface area (Å²) >= 11 is 1.98. The van der Waals surface area contributed by atoms with Crippen LogP contribution in [0.2, 0.25) is 0 Å². The smallest absolute Gasteiger partial charge is 0.303 e. The van der Waals surface area contributed by atoms with Gasteiger partial charge in [-0.25, -0.2) is 0 Å². The highest BCUT2D eigenvalue weighted by Gasteiger charge is 2.55. The number of carboxylic acid groups (broad SMARTS) is 1. The maximum absolute atomic E-state index is 10.4. The van der Waals surface area contributed by atoms with E-state index in [1.807, 2.05) is 11.8 Å². The van der Waals surface area contributed by atoms with Gasteiger partial charge < -0.3 is 5.11 Å². The molecule has 1 spiro atoms. The molecular weight excluding hydrogens is 160 g/mol. The second-order valence-corrected chi connectivity index (χ2v) is 4.77. The van der Waals surface area contributed by atoms with Crippen molar-refractivity contribution >= 4 is 17.7 Å². The summed E-state index contributed by atoms with van der Waals surface area (Å²) in [5.41, 5.74) is 0.475. The molecule has 2 aliphatic rings. The molecule has 2 atom stereocenters. The standard InChI is InChI=1S/C8H12O2S/c9-7(10)3-6-4-8(6)1-2-11-5-8/h6H,1-5H2,(H,9,10). The Kier molecular flexibility index (Phi) is 1.63. The zero-order chi connectivity index (χ0) is 7.90. The molecule has 1 heterocycles. The van der Waals surface area contributed by atoms with E-state index in [1.54, 1.807) is 0 Å². The second-order valence-electron chi connectivity index (χ2n) is 3.66. The minimum Gasteiger partial charge on any atom is -0.481 e. The van der Waals surface area contributed by atoms with Crippen LogP contribution in [0.1, 0.15) is 19.3 Å². The summed E-state index contributed by atoms with van der Waals surface area (Å²) < 4.78 is 0. The van der Waals surface area contributed by atoms with Crippen LogP contribution in [-0.4, -0.2) is 22.6 Å². The van der Waals surface area contributed by atoms with Crippen LogP contribution in [0.5, 0.6) is 0 Å². The first kappa shape index (κ1) is 7.47. The van der Waals surface area contributed by atoms with Gasteiger partial charge in [0.2, 0.25) is 0 Å². The van der Waals surface area contributed by atoms with Gasteiger partial charge in [-0.05, 0) is 35.7 Å². The monoisotopic (exact) mass is 172 g/mol.